The first kappa shape index (κ1) is 14.2. The molecule has 21 heavy (non-hydrogen) atoms. The van der Waals surface area contributed by atoms with E-state index < -0.39 is 11.6 Å². The maximum absolute atomic E-state index is 13.8. The van der Waals surface area contributed by atoms with E-state index in [1.54, 1.807) is 22.7 Å². The molecule has 3 rings (SSSR count). The molecule has 1 N–H and O–H groups in total. The Bertz CT molecular complexity index is 673. The normalized spacial score (nSPS) is 12.3. The van der Waals surface area contributed by atoms with Gasteiger partial charge in [-0.2, -0.15) is 0 Å². The molecule has 2 aromatic heterocycles. The maximum atomic E-state index is 13.8. The van der Waals surface area contributed by atoms with Gasteiger partial charge in [-0.25, -0.2) is 8.78 Å². The molecule has 108 valence electrons. The summed E-state index contributed by atoms with van der Waals surface area (Å²) >= 11 is 3.23. The van der Waals surface area contributed by atoms with E-state index in [0.717, 1.165) is 4.88 Å². The fourth-order valence-corrected chi connectivity index (χ4v) is 3.68. The molecule has 5 heteroatoms. The minimum Gasteiger partial charge on any atom is -0.372 e. The first-order valence-electron chi connectivity index (χ1n) is 6.50. The van der Waals surface area contributed by atoms with Gasteiger partial charge in [0.25, 0.3) is 0 Å². The second-order valence-corrected chi connectivity index (χ2v) is 6.60. The molecular weight excluding hydrogens is 308 g/mol. The lowest BCUT2D eigenvalue weighted by Crippen LogP contribution is -2.14. The third-order valence-electron chi connectivity index (χ3n) is 3.15. The van der Waals surface area contributed by atoms with Crippen molar-refractivity contribution in [2.24, 2.45) is 0 Å². The zero-order valence-electron chi connectivity index (χ0n) is 11.1. The number of hydrogen-bond donors (Lipinski definition) is 1. The minimum atomic E-state index is -0.567. The van der Waals surface area contributed by atoms with Gasteiger partial charge in [0, 0.05) is 16.2 Å². The molecular formula is C16H13F2NS2. The second-order valence-electron chi connectivity index (χ2n) is 4.59. The highest BCUT2D eigenvalue weighted by Crippen LogP contribution is 2.30. The summed E-state index contributed by atoms with van der Waals surface area (Å²) in [5, 5.41) is 7.00. The van der Waals surface area contributed by atoms with E-state index in [4.69, 9.17) is 0 Å². The van der Waals surface area contributed by atoms with Crippen LogP contribution in [-0.4, -0.2) is 0 Å². The summed E-state index contributed by atoms with van der Waals surface area (Å²) in [5.41, 5.74) is -0.0625. The first-order chi connectivity index (χ1) is 10.2. The van der Waals surface area contributed by atoms with E-state index in [1.165, 1.54) is 23.1 Å². The van der Waals surface area contributed by atoms with Crippen LogP contribution in [0.4, 0.5) is 14.5 Å². The number of halogens is 2. The Kier molecular flexibility index (Phi) is 4.31. The number of anilines is 1. The highest BCUT2D eigenvalue weighted by atomic mass is 32.1. The average molecular weight is 321 g/mol. The summed E-state index contributed by atoms with van der Waals surface area (Å²) in [7, 11) is 0. The van der Waals surface area contributed by atoms with Crippen LogP contribution >= 0.6 is 22.7 Å². The first-order valence-corrected chi connectivity index (χ1v) is 8.26. The van der Waals surface area contributed by atoms with E-state index >= 15 is 0 Å². The van der Waals surface area contributed by atoms with Crippen LogP contribution in [0.1, 0.15) is 15.8 Å². The fourth-order valence-electron chi connectivity index (χ4n) is 2.15. The highest BCUT2D eigenvalue weighted by molar-refractivity contribution is 7.10. The lowest BCUT2D eigenvalue weighted by molar-refractivity contribution is 0.582. The average Bonchev–Trinajstić information content (AvgIpc) is 3.14. The molecule has 0 fully saturated rings. The van der Waals surface area contributed by atoms with Crippen LogP contribution < -0.4 is 5.32 Å². The van der Waals surface area contributed by atoms with E-state index in [2.05, 4.69) is 5.32 Å². The number of hydrogen-bond acceptors (Lipinski definition) is 3. The van der Waals surface area contributed by atoms with Crippen LogP contribution in [0.3, 0.4) is 0 Å². The van der Waals surface area contributed by atoms with Crippen LogP contribution in [0.5, 0.6) is 0 Å². The molecule has 1 atom stereocenters. The summed E-state index contributed by atoms with van der Waals surface area (Å²) in [4.78, 5) is 2.24. The lowest BCUT2D eigenvalue weighted by Gasteiger charge is -2.19. The Morgan fingerprint density at radius 1 is 0.905 bits per heavy atom. The van der Waals surface area contributed by atoms with Crippen molar-refractivity contribution in [3.05, 3.63) is 74.6 Å². The van der Waals surface area contributed by atoms with Gasteiger partial charge in [0.15, 0.2) is 0 Å². The molecule has 2 heterocycles. The van der Waals surface area contributed by atoms with Crippen molar-refractivity contribution in [2.75, 3.05) is 5.32 Å². The number of nitrogens with one attached hydrogen (secondary N) is 1. The van der Waals surface area contributed by atoms with Crippen LogP contribution in [0.25, 0.3) is 0 Å². The van der Waals surface area contributed by atoms with Gasteiger partial charge in [-0.15, -0.1) is 22.7 Å². The summed E-state index contributed by atoms with van der Waals surface area (Å²) in [5.74, 6) is -1.13. The third kappa shape index (κ3) is 3.31. The van der Waals surface area contributed by atoms with Crippen LogP contribution in [0.15, 0.2) is 53.2 Å². The van der Waals surface area contributed by atoms with Crippen molar-refractivity contribution in [1.82, 2.24) is 0 Å². The Morgan fingerprint density at radius 3 is 2.24 bits per heavy atom. The molecule has 1 unspecified atom stereocenters. The SMILES string of the molecule is Fc1cccc(F)c1NC(Cc1cccs1)c1cccs1. The Morgan fingerprint density at radius 2 is 1.62 bits per heavy atom. The van der Waals surface area contributed by atoms with Crippen molar-refractivity contribution in [3.8, 4) is 0 Å². The number of thiophene rings is 2. The summed E-state index contributed by atoms with van der Waals surface area (Å²) in [6.07, 6.45) is 0.700. The topological polar surface area (TPSA) is 12.0 Å². The molecule has 0 saturated heterocycles. The van der Waals surface area contributed by atoms with Crippen LogP contribution in [0, 0.1) is 11.6 Å². The molecule has 1 aromatic carbocycles. The molecule has 0 amide bonds. The van der Waals surface area contributed by atoms with E-state index in [-0.39, 0.29) is 11.7 Å². The predicted octanol–water partition coefficient (Wildman–Crippen LogP) is 5.48. The zero-order valence-corrected chi connectivity index (χ0v) is 12.7. The molecule has 0 saturated carbocycles. The quantitative estimate of drug-likeness (QED) is 0.656. The van der Waals surface area contributed by atoms with Crippen molar-refractivity contribution in [1.29, 1.82) is 0 Å². The van der Waals surface area contributed by atoms with Gasteiger partial charge in [-0.05, 0) is 35.0 Å². The smallest absolute Gasteiger partial charge is 0.149 e. The fraction of sp³-hybridized carbons (Fsp3) is 0.125. The highest BCUT2D eigenvalue weighted by Gasteiger charge is 2.18. The largest absolute Gasteiger partial charge is 0.372 e. The zero-order chi connectivity index (χ0) is 14.7. The number of benzene rings is 1. The van der Waals surface area contributed by atoms with E-state index in [1.807, 2.05) is 35.0 Å². The van der Waals surface area contributed by atoms with Gasteiger partial charge >= 0.3 is 0 Å². The molecule has 0 bridgehead atoms. The molecule has 0 aliphatic carbocycles. The van der Waals surface area contributed by atoms with Crippen LogP contribution in [-0.2, 0) is 6.42 Å². The molecule has 1 nitrogen and oxygen atoms in total. The van der Waals surface area contributed by atoms with Crippen LogP contribution in [0.2, 0.25) is 0 Å². The van der Waals surface area contributed by atoms with Gasteiger partial charge in [0.2, 0.25) is 0 Å². The molecule has 3 aromatic rings. The van der Waals surface area contributed by atoms with Crippen molar-refractivity contribution >= 4 is 28.4 Å². The second kappa shape index (κ2) is 6.37. The third-order valence-corrected chi connectivity index (χ3v) is 5.04. The van der Waals surface area contributed by atoms with Gasteiger partial charge in [-0.3, -0.25) is 0 Å². The van der Waals surface area contributed by atoms with E-state index in [9.17, 15) is 8.78 Å². The van der Waals surface area contributed by atoms with Crippen molar-refractivity contribution < 1.29 is 8.78 Å². The minimum absolute atomic E-state index is 0.0625. The predicted molar refractivity (Wildman–Crippen MR) is 85.1 cm³/mol. The summed E-state index contributed by atoms with van der Waals surface area (Å²) in [6, 6.07) is 11.7. The maximum Gasteiger partial charge on any atom is 0.149 e. The molecule has 0 aliphatic heterocycles. The van der Waals surface area contributed by atoms with Gasteiger partial charge in [0.05, 0.1) is 6.04 Å². The monoisotopic (exact) mass is 321 g/mol. The molecule has 0 spiro atoms. The van der Waals surface area contributed by atoms with Gasteiger partial charge in [0.1, 0.15) is 17.3 Å². The van der Waals surface area contributed by atoms with Crippen molar-refractivity contribution in [2.45, 2.75) is 12.5 Å². The van der Waals surface area contributed by atoms with Gasteiger partial charge < -0.3 is 5.32 Å². The number of para-hydroxylation sites is 1. The standard InChI is InChI=1S/C16H13F2NS2/c17-12-5-1-6-13(18)16(12)19-14(15-7-3-9-21-15)10-11-4-2-8-20-11/h1-9,14,19H,10H2. The Labute approximate surface area is 129 Å². The summed E-state index contributed by atoms with van der Waals surface area (Å²) < 4.78 is 27.7. The lowest BCUT2D eigenvalue weighted by atomic mass is 10.1. The van der Waals surface area contributed by atoms with Crippen molar-refractivity contribution in [3.63, 3.8) is 0 Å². The van der Waals surface area contributed by atoms with Gasteiger partial charge in [-0.1, -0.05) is 18.2 Å². The Balaban J connectivity index is 1.89. The summed E-state index contributed by atoms with van der Waals surface area (Å²) in [6.45, 7) is 0. The number of rotatable bonds is 5. The Hall–Kier alpha value is -1.72. The molecule has 0 aliphatic rings. The van der Waals surface area contributed by atoms with E-state index in [0.29, 0.717) is 6.42 Å². The molecule has 0 radical (unpaired) electrons.